The van der Waals surface area contributed by atoms with Crippen LogP contribution in [0.5, 0.6) is 0 Å². The summed E-state index contributed by atoms with van der Waals surface area (Å²) in [5.41, 5.74) is -2.25. The van der Waals surface area contributed by atoms with Crippen LogP contribution in [0.2, 0.25) is 0 Å². The Labute approximate surface area is 130 Å². The molecule has 4 rings (SSSR count). The van der Waals surface area contributed by atoms with Crippen LogP contribution in [0.25, 0.3) is 0 Å². The molecule has 1 unspecified atom stereocenters. The molecule has 0 N–H and O–H groups in total. The van der Waals surface area contributed by atoms with Gasteiger partial charge in [0.1, 0.15) is 0 Å². The average molecular weight is 312 g/mol. The molecular weight excluding hydrogens is 287 g/mol. The molecule has 4 nitrogen and oxygen atoms in total. The molecule has 0 spiro atoms. The van der Waals surface area contributed by atoms with Gasteiger partial charge in [-0.05, 0) is 63.2 Å². The fourth-order valence-electron chi connectivity index (χ4n) is 5.25. The Morgan fingerprint density at radius 3 is 2.09 bits per heavy atom. The third-order valence-corrected chi connectivity index (χ3v) is 5.80. The lowest BCUT2D eigenvalue weighted by atomic mass is 9.50. The molecule has 0 aromatic carbocycles. The van der Waals surface area contributed by atoms with Crippen LogP contribution in [0, 0.1) is 23.2 Å². The van der Waals surface area contributed by atoms with E-state index in [1.54, 1.807) is 0 Å². The summed E-state index contributed by atoms with van der Waals surface area (Å²) in [4.78, 5) is 23.2. The largest absolute Gasteiger partial charge is 0.469 e. The SMILES string of the molecule is COC(=O)CC(C)(F)C(=O)OCC12CC3CC(CC(C3)C1)C2. The molecule has 0 heterocycles. The van der Waals surface area contributed by atoms with Crippen molar-refractivity contribution < 1.29 is 23.5 Å². The first-order chi connectivity index (χ1) is 10.3. The maximum atomic E-state index is 14.3. The van der Waals surface area contributed by atoms with Crippen molar-refractivity contribution in [2.45, 2.75) is 57.5 Å². The van der Waals surface area contributed by atoms with E-state index in [1.165, 1.54) is 26.4 Å². The Bertz CT molecular complexity index is 436. The number of hydrogen-bond donors (Lipinski definition) is 0. The van der Waals surface area contributed by atoms with E-state index in [-0.39, 0.29) is 5.41 Å². The van der Waals surface area contributed by atoms with Crippen molar-refractivity contribution in [1.82, 2.24) is 0 Å². The number of carbonyl (C=O) groups is 2. The highest BCUT2D eigenvalue weighted by molar-refractivity contribution is 5.85. The minimum absolute atomic E-state index is 0.0613. The fraction of sp³-hybridized carbons (Fsp3) is 0.882. The molecule has 0 aliphatic heterocycles. The summed E-state index contributed by atoms with van der Waals surface area (Å²) in [6.45, 7) is 1.39. The zero-order chi connectivity index (χ0) is 16.0. The molecule has 4 aliphatic rings. The fourth-order valence-corrected chi connectivity index (χ4v) is 5.25. The van der Waals surface area contributed by atoms with Gasteiger partial charge in [0.15, 0.2) is 0 Å². The third kappa shape index (κ3) is 2.99. The second kappa shape index (κ2) is 5.50. The summed E-state index contributed by atoms with van der Waals surface area (Å²) < 4.78 is 24.0. The molecule has 0 amide bonds. The number of ether oxygens (including phenoxy) is 2. The number of rotatable bonds is 5. The molecule has 4 bridgehead atoms. The summed E-state index contributed by atoms with van der Waals surface area (Å²) >= 11 is 0. The molecule has 0 radical (unpaired) electrons. The predicted molar refractivity (Wildman–Crippen MR) is 77.7 cm³/mol. The topological polar surface area (TPSA) is 52.6 Å². The Hall–Kier alpha value is -1.13. The maximum absolute atomic E-state index is 14.3. The quantitative estimate of drug-likeness (QED) is 0.732. The minimum atomic E-state index is -2.31. The Kier molecular flexibility index (Phi) is 3.94. The van der Waals surface area contributed by atoms with Crippen LogP contribution in [0.15, 0.2) is 0 Å². The lowest BCUT2D eigenvalue weighted by Crippen LogP contribution is -2.49. The van der Waals surface area contributed by atoms with E-state index in [0.717, 1.165) is 43.9 Å². The number of esters is 2. The molecule has 22 heavy (non-hydrogen) atoms. The first kappa shape index (κ1) is 15.8. The van der Waals surface area contributed by atoms with E-state index in [9.17, 15) is 14.0 Å². The highest BCUT2D eigenvalue weighted by atomic mass is 19.1. The number of alkyl halides is 1. The summed E-state index contributed by atoms with van der Waals surface area (Å²) in [5, 5.41) is 0. The van der Waals surface area contributed by atoms with Crippen molar-refractivity contribution in [2.24, 2.45) is 23.2 Å². The van der Waals surface area contributed by atoms with Gasteiger partial charge in [-0.2, -0.15) is 0 Å². The predicted octanol–water partition coefficient (Wildman–Crippen LogP) is 3.04. The van der Waals surface area contributed by atoms with Crippen molar-refractivity contribution in [1.29, 1.82) is 0 Å². The van der Waals surface area contributed by atoms with E-state index in [0.29, 0.717) is 6.61 Å². The van der Waals surface area contributed by atoms with Crippen molar-refractivity contribution >= 4 is 11.9 Å². The van der Waals surface area contributed by atoms with Gasteiger partial charge in [-0.1, -0.05) is 0 Å². The average Bonchev–Trinajstić information content (AvgIpc) is 2.42. The molecule has 0 saturated heterocycles. The second-order valence-corrected chi connectivity index (χ2v) is 7.94. The van der Waals surface area contributed by atoms with E-state index >= 15 is 0 Å². The highest BCUT2D eigenvalue weighted by Crippen LogP contribution is 2.60. The molecule has 0 aromatic rings. The van der Waals surface area contributed by atoms with Crippen molar-refractivity contribution in [2.75, 3.05) is 13.7 Å². The van der Waals surface area contributed by atoms with Gasteiger partial charge in [0.2, 0.25) is 5.67 Å². The van der Waals surface area contributed by atoms with Gasteiger partial charge in [0.25, 0.3) is 0 Å². The zero-order valence-electron chi connectivity index (χ0n) is 13.4. The molecule has 4 fully saturated rings. The van der Waals surface area contributed by atoms with Crippen molar-refractivity contribution in [3.63, 3.8) is 0 Å². The Balaban J connectivity index is 1.58. The van der Waals surface area contributed by atoms with Gasteiger partial charge in [0.05, 0.1) is 20.1 Å². The van der Waals surface area contributed by atoms with Crippen molar-refractivity contribution in [3.05, 3.63) is 0 Å². The second-order valence-electron chi connectivity index (χ2n) is 7.94. The molecule has 5 heteroatoms. The summed E-state index contributed by atoms with van der Waals surface area (Å²) in [6.07, 6.45) is 6.66. The normalized spacial score (nSPS) is 38.4. The molecular formula is C17H25FO4. The lowest BCUT2D eigenvalue weighted by molar-refractivity contribution is -0.171. The first-order valence-electron chi connectivity index (χ1n) is 8.25. The number of carbonyl (C=O) groups excluding carboxylic acids is 2. The van der Waals surface area contributed by atoms with Gasteiger partial charge in [-0.25, -0.2) is 9.18 Å². The van der Waals surface area contributed by atoms with Gasteiger partial charge in [-0.15, -0.1) is 0 Å². The van der Waals surface area contributed by atoms with E-state index in [2.05, 4.69) is 4.74 Å². The van der Waals surface area contributed by atoms with Crippen LogP contribution in [-0.4, -0.2) is 31.3 Å². The Morgan fingerprint density at radius 1 is 1.14 bits per heavy atom. The van der Waals surface area contributed by atoms with E-state index in [1.807, 2.05) is 0 Å². The number of methoxy groups -OCH3 is 1. The van der Waals surface area contributed by atoms with Crippen LogP contribution in [0.1, 0.15) is 51.9 Å². The standard InChI is InChI=1S/C17H25FO4/c1-16(18,9-14(19)21-2)15(20)22-10-17-6-11-3-12(7-17)5-13(4-11)8-17/h11-13H,3-10H2,1-2H3. The molecule has 4 saturated carbocycles. The van der Waals surface area contributed by atoms with Crippen LogP contribution >= 0.6 is 0 Å². The van der Waals surface area contributed by atoms with Crippen LogP contribution in [0.3, 0.4) is 0 Å². The molecule has 124 valence electrons. The lowest BCUT2D eigenvalue weighted by Gasteiger charge is -2.56. The van der Waals surface area contributed by atoms with E-state index in [4.69, 9.17) is 4.74 Å². The highest BCUT2D eigenvalue weighted by Gasteiger charge is 2.52. The van der Waals surface area contributed by atoms with Crippen LogP contribution in [0.4, 0.5) is 4.39 Å². The van der Waals surface area contributed by atoms with Crippen LogP contribution < -0.4 is 0 Å². The van der Waals surface area contributed by atoms with Gasteiger partial charge >= 0.3 is 11.9 Å². The zero-order valence-corrected chi connectivity index (χ0v) is 13.4. The maximum Gasteiger partial charge on any atom is 0.344 e. The summed E-state index contributed by atoms with van der Waals surface area (Å²) in [5.74, 6) is 0.607. The molecule has 1 atom stereocenters. The molecule has 0 aromatic heterocycles. The molecule has 4 aliphatic carbocycles. The minimum Gasteiger partial charge on any atom is -0.469 e. The summed E-state index contributed by atoms with van der Waals surface area (Å²) in [6, 6.07) is 0. The number of halogens is 1. The smallest absolute Gasteiger partial charge is 0.344 e. The third-order valence-electron chi connectivity index (χ3n) is 5.80. The number of hydrogen-bond acceptors (Lipinski definition) is 4. The first-order valence-corrected chi connectivity index (χ1v) is 8.25. The van der Waals surface area contributed by atoms with Crippen molar-refractivity contribution in [3.8, 4) is 0 Å². The van der Waals surface area contributed by atoms with Gasteiger partial charge in [0, 0.05) is 5.41 Å². The Morgan fingerprint density at radius 2 is 1.64 bits per heavy atom. The van der Waals surface area contributed by atoms with Gasteiger partial charge in [-0.3, -0.25) is 4.79 Å². The van der Waals surface area contributed by atoms with E-state index < -0.39 is 24.0 Å². The summed E-state index contributed by atoms with van der Waals surface area (Å²) in [7, 11) is 1.18. The monoisotopic (exact) mass is 312 g/mol. The van der Waals surface area contributed by atoms with Crippen LogP contribution in [-0.2, 0) is 19.1 Å². The van der Waals surface area contributed by atoms with Gasteiger partial charge < -0.3 is 9.47 Å².